The van der Waals surface area contributed by atoms with Gasteiger partial charge in [0.1, 0.15) is 4.60 Å². The van der Waals surface area contributed by atoms with E-state index in [1.54, 1.807) is 0 Å². The van der Waals surface area contributed by atoms with Gasteiger partial charge in [-0.3, -0.25) is 0 Å². The van der Waals surface area contributed by atoms with E-state index >= 15 is 0 Å². The molecule has 90 valence electrons. The standard InChI is InChI=1S/C12H8BrClN4/c13-10-3-8-6(4-16-10)1-2-7(8)11-9(14)5-17-12(15)18-11/h2-5H,1H2,(H2,15,17,18). The summed E-state index contributed by atoms with van der Waals surface area (Å²) in [6.07, 6.45) is 6.27. The molecule has 0 atom stereocenters. The van der Waals surface area contributed by atoms with Gasteiger partial charge in [0.25, 0.3) is 0 Å². The summed E-state index contributed by atoms with van der Waals surface area (Å²) in [5, 5.41) is 0.497. The van der Waals surface area contributed by atoms with Crippen LogP contribution in [0.4, 0.5) is 5.95 Å². The van der Waals surface area contributed by atoms with Crippen LogP contribution in [0.1, 0.15) is 16.8 Å². The second-order valence-electron chi connectivity index (χ2n) is 3.91. The summed E-state index contributed by atoms with van der Waals surface area (Å²) in [7, 11) is 0. The van der Waals surface area contributed by atoms with Crippen LogP contribution in [0.25, 0.3) is 5.57 Å². The van der Waals surface area contributed by atoms with Crippen LogP contribution in [-0.4, -0.2) is 15.0 Å². The first kappa shape index (κ1) is 11.6. The van der Waals surface area contributed by atoms with E-state index in [-0.39, 0.29) is 5.95 Å². The largest absolute Gasteiger partial charge is 0.368 e. The Bertz CT molecular complexity index is 669. The van der Waals surface area contributed by atoms with Crippen molar-refractivity contribution in [1.29, 1.82) is 0 Å². The molecule has 2 heterocycles. The maximum Gasteiger partial charge on any atom is 0.220 e. The minimum Gasteiger partial charge on any atom is -0.368 e. The van der Waals surface area contributed by atoms with E-state index in [0.717, 1.165) is 27.7 Å². The summed E-state index contributed by atoms with van der Waals surface area (Å²) in [5.74, 6) is 0.219. The maximum absolute atomic E-state index is 6.13. The quantitative estimate of drug-likeness (QED) is 0.820. The highest BCUT2D eigenvalue weighted by Crippen LogP contribution is 2.35. The van der Waals surface area contributed by atoms with E-state index < -0.39 is 0 Å². The minimum absolute atomic E-state index is 0.219. The van der Waals surface area contributed by atoms with Gasteiger partial charge in [-0.2, -0.15) is 0 Å². The molecular formula is C12H8BrClN4. The van der Waals surface area contributed by atoms with E-state index in [1.807, 2.05) is 12.3 Å². The predicted octanol–water partition coefficient (Wildman–Crippen LogP) is 2.86. The molecule has 1 aliphatic rings. The van der Waals surface area contributed by atoms with Crippen molar-refractivity contribution in [3.05, 3.63) is 51.0 Å². The zero-order valence-electron chi connectivity index (χ0n) is 9.19. The van der Waals surface area contributed by atoms with Crippen LogP contribution in [0.3, 0.4) is 0 Å². The SMILES string of the molecule is Nc1ncc(Cl)c(C2=CCc3cnc(Br)cc32)n1. The zero-order chi connectivity index (χ0) is 12.7. The Balaban J connectivity index is 2.16. The lowest BCUT2D eigenvalue weighted by Gasteiger charge is -2.07. The Kier molecular flexibility index (Phi) is 2.80. The number of anilines is 1. The molecule has 1 aliphatic carbocycles. The van der Waals surface area contributed by atoms with E-state index in [2.05, 4.69) is 37.0 Å². The Hall–Kier alpha value is -1.46. The monoisotopic (exact) mass is 322 g/mol. The molecule has 3 rings (SSSR count). The lowest BCUT2D eigenvalue weighted by Crippen LogP contribution is -2.00. The van der Waals surface area contributed by atoms with Crippen molar-refractivity contribution in [2.24, 2.45) is 0 Å². The molecule has 0 saturated heterocycles. The number of hydrogen-bond donors (Lipinski definition) is 1. The number of aromatic nitrogens is 3. The van der Waals surface area contributed by atoms with E-state index in [0.29, 0.717) is 10.7 Å². The van der Waals surface area contributed by atoms with Gasteiger partial charge in [-0.05, 0) is 39.5 Å². The first-order valence-corrected chi connectivity index (χ1v) is 6.45. The molecule has 2 N–H and O–H groups in total. The van der Waals surface area contributed by atoms with E-state index in [9.17, 15) is 0 Å². The zero-order valence-corrected chi connectivity index (χ0v) is 11.5. The van der Waals surface area contributed by atoms with Crippen LogP contribution in [0, 0.1) is 0 Å². The Morgan fingerprint density at radius 3 is 2.94 bits per heavy atom. The fraction of sp³-hybridized carbons (Fsp3) is 0.0833. The van der Waals surface area contributed by atoms with Crippen molar-refractivity contribution in [2.45, 2.75) is 6.42 Å². The second-order valence-corrected chi connectivity index (χ2v) is 5.13. The van der Waals surface area contributed by atoms with Crippen LogP contribution in [0.5, 0.6) is 0 Å². The molecule has 0 amide bonds. The average molecular weight is 324 g/mol. The predicted molar refractivity (Wildman–Crippen MR) is 74.2 cm³/mol. The normalized spacial score (nSPS) is 13.3. The van der Waals surface area contributed by atoms with Gasteiger partial charge in [-0.25, -0.2) is 15.0 Å². The van der Waals surface area contributed by atoms with E-state index in [1.165, 1.54) is 6.20 Å². The van der Waals surface area contributed by atoms with Crippen molar-refractivity contribution in [2.75, 3.05) is 5.73 Å². The fourth-order valence-corrected chi connectivity index (χ4v) is 2.51. The number of rotatable bonds is 1. The van der Waals surface area contributed by atoms with Gasteiger partial charge in [0.15, 0.2) is 0 Å². The van der Waals surface area contributed by atoms with Gasteiger partial charge >= 0.3 is 0 Å². The highest BCUT2D eigenvalue weighted by Gasteiger charge is 2.20. The average Bonchev–Trinajstić information content (AvgIpc) is 2.75. The van der Waals surface area contributed by atoms with Crippen LogP contribution >= 0.6 is 27.5 Å². The highest BCUT2D eigenvalue weighted by molar-refractivity contribution is 9.10. The number of nitrogens with two attached hydrogens (primary N) is 1. The molecule has 0 aromatic carbocycles. The topological polar surface area (TPSA) is 64.7 Å². The van der Waals surface area contributed by atoms with Crippen molar-refractivity contribution in [3.8, 4) is 0 Å². The van der Waals surface area contributed by atoms with Crippen molar-refractivity contribution in [1.82, 2.24) is 15.0 Å². The molecule has 0 fully saturated rings. The van der Waals surface area contributed by atoms with Crippen LogP contribution in [0.15, 0.2) is 29.1 Å². The third-order valence-electron chi connectivity index (χ3n) is 2.79. The number of allylic oxidation sites excluding steroid dienone is 1. The molecule has 0 radical (unpaired) electrons. The van der Waals surface area contributed by atoms with Crippen molar-refractivity contribution >= 4 is 39.1 Å². The molecule has 2 aromatic heterocycles. The van der Waals surface area contributed by atoms with Gasteiger partial charge in [0, 0.05) is 11.8 Å². The van der Waals surface area contributed by atoms with Crippen LogP contribution in [-0.2, 0) is 6.42 Å². The summed E-state index contributed by atoms with van der Waals surface area (Å²) < 4.78 is 0.784. The molecule has 0 spiro atoms. The molecule has 18 heavy (non-hydrogen) atoms. The first-order valence-electron chi connectivity index (χ1n) is 5.28. The van der Waals surface area contributed by atoms with Gasteiger partial charge in [-0.15, -0.1) is 0 Å². The lowest BCUT2D eigenvalue weighted by molar-refractivity contribution is 1.16. The molecule has 0 unspecified atom stereocenters. The van der Waals surface area contributed by atoms with Crippen LogP contribution in [0.2, 0.25) is 5.02 Å². The van der Waals surface area contributed by atoms with Gasteiger partial charge in [0.2, 0.25) is 5.95 Å². The molecule has 0 bridgehead atoms. The van der Waals surface area contributed by atoms with Gasteiger partial charge in [0.05, 0.1) is 16.9 Å². The number of halogens is 2. The summed E-state index contributed by atoms with van der Waals surface area (Å²) in [5.41, 5.74) is 9.50. The molecule has 2 aromatic rings. The van der Waals surface area contributed by atoms with Crippen LogP contribution < -0.4 is 5.73 Å². The smallest absolute Gasteiger partial charge is 0.220 e. The number of nitrogens with zero attached hydrogens (tertiary/aromatic N) is 3. The highest BCUT2D eigenvalue weighted by atomic mass is 79.9. The molecule has 6 heteroatoms. The molecule has 0 saturated carbocycles. The third-order valence-corrected chi connectivity index (χ3v) is 3.50. The molecule has 0 aliphatic heterocycles. The number of pyridine rings is 1. The lowest BCUT2D eigenvalue weighted by atomic mass is 10.1. The molecular weight excluding hydrogens is 316 g/mol. The Morgan fingerprint density at radius 2 is 2.11 bits per heavy atom. The van der Waals surface area contributed by atoms with Gasteiger partial charge < -0.3 is 5.73 Å². The fourth-order valence-electron chi connectivity index (χ4n) is 1.99. The van der Waals surface area contributed by atoms with E-state index in [4.69, 9.17) is 17.3 Å². The number of nitrogen functional groups attached to an aromatic ring is 1. The minimum atomic E-state index is 0.219. The third kappa shape index (κ3) is 1.89. The summed E-state index contributed by atoms with van der Waals surface area (Å²) in [6, 6.07) is 1.96. The summed E-state index contributed by atoms with van der Waals surface area (Å²) >= 11 is 9.50. The Morgan fingerprint density at radius 1 is 1.28 bits per heavy atom. The Labute approximate surface area is 117 Å². The first-order chi connectivity index (χ1) is 8.65. The summed E-state index contributed by atoms with van der Waals surface area (Å²) in [6.45, 7) is 0. The van der Waals surface area contributed by atoms with Gasteiger partial charge in [-0.1, -0.05) is 17.7 Å². The second kappa shape index (κ2) is 4.33. The molecule has 4 nitrogen and oxygen atoms in total. The summed E-state index contributed by atoms with van der Waals surface area (Å²) in [4.78, 5) is 12.3. The number of hydrogen-bond acceptors (Lipinski definition) is 4. The van der Waals surface area contributed by atoms with Crippen molar-refractivity contribution < 1.29 is 0 Å². The van der Waals surface area contributed by atoms with Crippen molar-refractivity contribution in [3.63, 3.8) is 0 Å². The number of fused-ring (bicyclic) bond motifs is 1. The maximum atomic E-state index is 6.13.